The first-order valence-electron chi connectivity index (χ1n) is 7.86. The van der Waals surface area contributed by atoms with E-state index < -0.39 is 6.09 Å². The average Bonchev–Trinajstić information content (AvgIpc) is 2.63. The zero-order valence-electron chi connectivity index (χ0n) is 14.4. The van der Waals surface area contributed by atoms with Crippen LogP contribution in [-0.4, -0.2) is 26.4 Å². The molecular weight excluding hydrogens is 377 g/mol. The maximum atomic E-state index is 11.8. The molecule has 1 N–H and O–H groups in total. The standard InChI is InChI=1S/C19H19Cl2NO4/c1-3-5-13-8-9-16(17(12-13)24-2)25-10-11-26-19(23)22-18-14(20)6-4-7-15(18)21/h3-9,12H,10-11H2,1-2H3,(H,22,23)/b5-3+. The Kier molecular flexibility index (Phi) is 7.63. The Balaban J connectivity index is 1.84. The van der Waals surface area contributed by atoms with Crippen LogP contribution >= 0.6 is 23.2 Å². The topological polar surface area (TPSA) is 56.8 Å². The van der Waals surface area contributed by atoms with Crippen molar-refractivity contribution in [1.29, 1.82) is 0 Å². The van der Waals surface area contributed by atoms with Crippen molar-refractivity contribution < 1.29 is 19.0 Å². The molecule has 2 aromatic rings. The van der Waals surface area contributed by atoms with Gasteiger partial charge in [-0.15, -0.1) is 0 Å². The first-order chi connectivity index (χ1) is 12.5. The number of rotatable bonds is 7. The highest BCUT2D eigenvalue weighted by Crippen LogP contribution is 2.30. The molecule has 138 valence electrons. The molecule has 0 radical (unpaired) electrons. The van der Waals surface area contributed by atoms with Crippen molar-refractivity contribution in [2.24, 2.45) is 0 Å². The third-order valence-electron chi connectivity index (χ3n) is 3.31. The van der Waals surface area contributed by atoms with Crippen LogP contribution in [0.25, 0.3) is 6.08 Å². The third kappa shape index (κ3) is 5.58. The Morgan fingerprint density at radius 2 is 1.85 bits per heavy atom. The van der Waals surface area contributed by atoms with Crippen LogP contribution in [0.3, 0.4) is 0 Å². The molecule has 2 rings (SSSR count). The highest BCUT2D eigenvalue weighted by Gasteiger charge is 2.11. The van der Waals surface area contributed by atoms with Gasteiger partial charge in [-0.25, -0.2) is 4.79 Å². The zero-order chi connectivity index (χ0) is 18.9. The summed E-state index contributed by atoms with van der Waals surface area (Å²) in [6.45, 7) is 2.16. The molecule has 0 bridgehead atoms. The van der Waals surface area contributed by atoms with Gasteiger partial charge in [0, 0.05) is 0 Å². The van der Waals surface area contributed by atoms with Gasteiger partial charge in [0.2, 0.25) is 0 Å². The van der Waals surface area contributed by atoms with E-state index in [1.807, 2.05) is 31.2 Å². The number of carbonyl (C=O) groups excluding carboxylic acids is 1. The lowest BCUT2D eigenvalue weighted by molar-refractivity contribution is 0.136. The number of benzene rings is 2. The molecule has 0 aromatic heterocycles. The summed E-state index contributed by atoms with van der Waals surface area (Å²) in [5, 5.41) is 3.17. The van der Waals surface area contributed by atoms with Gasteiger partial charge in [-0.1, -0.05) is 47.5 Å². The van der Waals surface area contributed by atoms with Gasteiger partial charge in [-0.2, -0.15) is 0 Å². The lowest BCUT2D eigenvalue weighted by Crippen LogP contribution is -2.18. The molecule has 1 amide bonds. The Hall–Kier alpha value is -2.37. The number of ether oxygens (including phenoxy) is 3. The predicted octanol–water partition coefficient (Wildman–Crippen LogP) is 5.66. The van der Waals surface area contributed by atoms with Gasteiger partial charge < -0.3 is 14.2 Å². The van der Waals surface area contributed by atoms with Gasteiger partial charge >= 0.3 is 6.09 Å². The van der Waals surface area contributed by atoms with E-state index in [-0.39, 0.29) is 13.2 Å². The lowest BCUT2D eigenvalue weighted by atomic mass is 10.2. The molecule has 0 saturated carbocycles. The number of para-hydroxylation sites is 1. The number of halogens is 2. The van der Waals surface area contributed by atoms with E-state index in [1.165, 1.54) is 0 Å². The van der Waals surface area contributed by atoms with Crippen molar-refractivity contribution >= 4 is 41.1 Å². The summed E-state index contributed by atoms with van der Waals surface area (Å²) >= 11 is 12.0. The summed E-state index contributed by atoms with van der Waals surface area (Å²) in [6.07, 6.45) is 3.23. The van der Waals surface area contributed by atoms with Crippen LogP contribution in [0.1, 0.15) is 12.5 Å². The number of allylic oxidation sites excluding steroid dienone is 1. The van der Waals surface area contributed by atoms with Gasteiger partial charge in [0.25, 0.3) is 0 Å². The molecule has 0 saturated heterocycles. The number of hydrogen-bond donors (Lipinski definition) is 1. The van der Waals surface area contributed by atoms with Crippen molar-refractivity contribution in [3.05, 3.63) is 58.1 Å². The fraction of sp³-hybridized carbons (Fsp3) is 0.211. The monoisotopic (exact) mass is 395 g/mol. The largest absolute Gasteiger partial charge is 0.493 e. The van der Waals surface area contributed by atoms with Crippen LogP contribution in [0.15, 0.2) is 42.5 Å². The average molecular weight is 396 g/mol. The van der Waals surface area contributed by atoms with Crippen LogP contribution in [0.2, 0.25) is 10.0 Å². The molecule has 0 aliphatic carbocycles. The van der Waals surface area contributed by atoms with Crippen molar-refractivity contribution in [2.75, 3.05) is 25.6 Å². The Labute approximate surface area is 162 Å². The molecule has 0 aliphatic heterocycles. The Bertz CT molecular complexity index is 773. The molecule has 26 heavy (non-hydrogen) atoms. The second-order valence-corrected chi connectivity index (χ2v) is 5.93. The quantitative estimate of drug-likeness (QED) is 0.614. The molecule has 0 unspecified atom stereocenters. The molecule has 0 fully saturated rings. The number of carbonyl (C=O) groups is 1. The van der Waals surface area contributed by atoms with Crippen LogP contribution < -0.4 is 14.8 Å². The molecule has 0 aliphatic rings. The summed E-state index contributed by atoms with van der Waals surface area (Å²) in [5.74, 6) is 1.17. The molecular formula is C19H19Cl2NO4. The molecule has 2 aromatic carbocycles. The molecule has 7 heteroatoms. The van der Waals surface area contributed by atoms with Gasteiger partial charge in [-0.05, 0) is 36.8 Å². The van der Waals surface area contributed by atoms with E-state index in [0.29, 0.717) is 27.2 Å². The Morgan fingerprint density at radius 1 is 1.12 bits per heavy atom. The minimum Gasteiger partial charge on any atom is -0.493 e. The summed E-state index contributed by atoms with van der Waals surface area (Å²) in [5.41, 5.74) is 1.31. The Morgan fingerprint density at radius 3 is 2.50 bits per heavy atom. The first-order valence-corrected chi connectivity index (χ1v) is 8.62. The molecule has 0 heterocycles. The lowest BCUT2D eigenvalue weighted by Gasteiger charge is -2.12. The van der Waals surface area contributed by atoms with Crippen molar-refractivity contribution in [3.8, 4) is 11.5 Å². The second kappa shape index (κ2) is 9.94. The van der Waals surface area contributed by atoms with E-state index >= 15 is 0 Å². The summed E-state index contributed by atoms with van der Waals surface area (Å²) in [6, 6.07) is 10.5. The minimum atomic E-state index is -0.668. The van der Waals surface area contributed by atoms with Crippen LogP contribution in [0.5, 0.6) is 11.5 Å². The van der Waals surface area contributed by atoms with E-state index in [1.54, 1.807) is 31.4 Å². The van der Waals surface area contributed by atoms with Crippen LogP contribution in [0.4, 0.5) is 10.5 Å². The highest BCUT2D eigenvalue weighted by molar-refractivity contribution is 6.39. The maximum absolute atomic E-state index is 11.8. The number of methoxy groups -OCH3 is 1. The summed E-state index contributed by atoms with van der Waals surface area (Å²) < 4.78 is 16.0. The number of anilines is 1. The first kappa shape index (κ1) is 19.9. The van der Waals surface area contributed by atoms with Crippen molar-refractivity contribution in [1.82, 2.24) is 0 Å². The van der Waals surface area contributed by atoms with Crippen LogP contribution in [-0.2, 0) is 4.74 Å². The fourth-order valence-electron chi connectivity index (χ4n) is 2.14. The van der Waals surface area contributed by atoms with Gasteiger partial charge in [-0.3, -0.25) is 5.32 Å². The number of amides is 1. The summed E-state index contributed by atoms with van der Waals surface area (Å²) in [4.78, 5) is 11.8. The van der Waals surface area contributed by atoms with Crippen LogP contribution in [0, 0.1) is 0 Å². The number of hydrogen-bond acceptors (Lipinski definition) is 4. The molecule has 0 atom stereocenters. The van der Waals surface area contributed by atoms with E-state index in [2.05, 4.69) is 5.32 Å². The van der Waals surface area contributed by atoms with E-state index in [9.17, 15) is 4.79 Å². The third-order valence-corrected chi connectivity index (χ3v) is 3.94. The SMILES string of the molecule is C/C=C/c1ccc(OCCOC(=O)Nc2c(Cl)cccc2Cl)c(OC)c1. The van der Waals surface area contributed by atoms with Gasteiger partial charge in [0.15, 0.2) is 11.5 Å². The fourth-order valence-corrected chi connectivity index (χ4v) is 2.63. The van der Waals surface area contributed by atoms with Crippen molar-refractivity contribution in [2.45, 2.75) is 6.92 Å². The second-order valence-electron chi connectivity index (χ2n) is 5.12. The van der Waals surface area contributed by atoms with Crippen molar-refractivity contribution in [3.63, 3.8) is 0 Å². The number of nitrogens with one attached hydrogen (secondary N) is 1. The highest BCUT2D eigenvalue weighted by atomic mass is 35.5. The van der Waals surface area contributed by atoms with Gasteiger partial charge in [0.05, 0.1) is 22.8 Å². The minimum absolute atomic E-state index is 0.0493. The van der Waals surface area contributed by atoms with E-state index in [0.717, 1.165) is 5.56 Å². The van der Waals surface area contributed by atoms with E-state index in [4.69, 9.17) is 37.4 Å². The molecule has 0 spiro atoms. The zero-order valence-corrected chi connectivity index (χ0v) is 15.9. The molecule has 5 nitrogen and oxygen atoms in total. The van der Waals surface area contributed by atoms with Gasteiger partial charge in [0.1, 0.15) is 13.2 Å². The maximum Gasteiger partial charge on any atom is 0.411 e. The predicted molar refractivity (Wildman–Crippen MR) is 105 cm³/mol. The smallest absolute Gasteiger partial charge is 0.411 e. The summed E-state index contributed by atoms with van der Waals surface area (Å²) in [7, 11) is 1.57. The normalized spacial score (nSPS) is 10.6.